The summed E-state index contributed by atoms with van der Waals surface area (Å²) in [7, 11) is 0. The van der Waals surface area contributed by atoms with Crippen LogP contribution in [0.3, 0.4) is 0 Å². The summed E-state index contributed by atoms with van der Waals surface area (Å²) in [6.07, 6.45) is 3.30. The van der Waals surface area contributed by atoms with E-state index in [1.807, 2.05) is 0 Å². The van der Waals surface area contributed by atoms with Gasteiger partial charge in [0.2, 0.25) is 0 Å². The van der Waals surface area contributed by atoms with Crippen molar-refractivity contribution in [3.05, 3.63) is 34.9 Å². The normalized spacial score (nSPS) is 12.6. The first-order valence-corrected chi connectivity index (χ1v) is 7.56. The van der Waals surface area contributed by atoms with Crippen LogP contribution in [0.5, 0.6) is 0 Å². The Morgan fingerprint density at radius 1 is 1.00 bits per heavy atom. The van der Waals surface area contributed by atoms with Crippen molar-refractivity contribution in [3.8, 4) is 0 Å². The van der Waals surface area contributed by atoms with Gasteiger partial charge in [-0.1, -0.05) is 43.2 Å². The molecule has 1 rings (SSSR count). The maximum Gasteiger partial charge on any atom is 0.0484 e. The van der Waals surface area contributed by atoms with Crippen molar-refractivity contribution in [2.45, 2.75) is 53.0 Å². The number of aryl methyl sites for hydroxylation is 2. The Labute approximate surface area is 118 Å². The van der Waals surface area contributed by atoms with Crippen molar-refractivity contribution >= 4 is 0 Å². The first kappa shape index (κ1) is 16.2. The molecule has 2 heteroatoms. The molecular weight excluding hydrogens is 234 g/mol. The van der Waals surface area contributed by atoms with Gasteiger partial charge in [-0.2, -0.15) is 0 Å². The quantitative estimate of drug-likeness (QED) is 0.675. The van der Waals surface area contributed by atoms with Crippen LogP contribution >= 0.6 is 0 Å². The fourth-order valence-corrected chi connectivity index (χ4v) is 2.36. The number of benzene rings is 1. The predicted molar refractivity (Wildman–Crippen MR) is 82.7 cm³/mol. The van der Waals surface area contributed by atoms with Crippen LogP contribution in [0.1, 0.15) is 55.8 Å². The molecule has 0 aliphatic heterocycles. The predicted octanol–water partition coefficient (Wildman–Crippen LogP) is 4.16. The number of rotatable bonds is 9. The molecule has 0 aromatic heterocycles. The fraction of sp³-hybridized carbons (Fsp3) is 0.647. The highest BCUT2D eigenvalue weighted by Crippen LogP contribution is 2.20. The smallest absolute Gasteiger partial charge is 0.0484 e. The zero-order valence-electron chi connectivity index (χ0n) is 13.0. The molecule has 19 heavy (non-hydrogen) atoms. The topological polar surface area (TPSA) is 21.3 Å². The van der Waals surface area contributed by atoms with Gasteiger partial charge in [0, 0.05) is 19.3 Å². The summed E-state index contributed by atoms with van der Waals surface area (Å²) in [4.78, 5) is 0. The Morgan fingerprint density at radius 2 is 1.68 bits per heavy atom. The summed E-state index contributed by atoms with van der Waals surface area (Å²) >= 11 is 0. The van der Waals surface area contributed by atoms with E-state index >= 15 is 0 Å². The first-order chi connectivity index (χ1) is 9.17. The monoisotopic (exact) mass is 263 g/mol. The van der Waals surface area contributed by atoms with Gasteiger partial charge >= 0.3 is 0 Å². The fourth-order valence-electron chi connectivity index (χ4n) is 2.36. The zero-order chi connectivity index (χ0) is 14.1. The molecule has 0 bridgehead atoms. The molecule has 0 aliphatic carbocycles. The van der Waals surface area contributed by atoms with E-state index in [1.165, 1.54) is 16.7 Å². The third-order valence-electron chi connectivity index (χ3n) is 3.19. The van der Waals surface area contributed by atoms with Crippen LogP contribution in [-0.4, -0.2) is 19.8 Å². The van der Waals surface area contributed by atoms with Crippen molar-refractivity contribution in [1.29, 1.82) is 0 Å². The van der Waals surface area contributed by atoms with E-state index < -0.39 is 0 Å². The lowest BCUT2D eigenvalue weighted by atomic mass is 9.99. The summed E-state index contributed by atoms with van der Waals surface area (Å²) in [5.41, 5.74) is 4.08. The molecule has 1 aromatic rings. The second-order valence-corrected chi connectivity index (χ2v) is 5.33. The Morgan fingerprint density at radius 3 is 2.26 bits per heavy atom. The first-order valence-electron chi connectivity index (χ1n) is 7.56. The Balaban J connectivity index is 2.65. The largest absolute Gasteiger partial charge is 0.381 e. The van der Waals surface area contributed by atoms with Crippen LogP contribution in [-0.2, 0) is 4.74 Å². The van der Waals surface area contributed by atoms with Gasteiger partial charge in [-0.05, 0) is 45.2 Å². The average Bonchev–Trinajstić information content (AvgIpc) is 2.36. The van der Waals surface area contributed by atoms with E-state index in [9.17, 15) is 0 Å². The van der Waals surface area contributed by atoms with Gasteiger partial charge in [0.1, 0.15) is 0 Å². The maximum absolute atomic E-state index is 5.64. The van der Waals surface area contributed by atoms with Crippen LogP contribution in [0, 0.1) is 13.8 Å². The molecule has 0 spiro atoms. The highest BCUT2D eigenvalue weighted by Gasteiger charge is 2.11. The lowest BCUT2D eigenvalue weighted by Gasteiger charge is -2.20. The van der Waals surface area contributed by atoms with Gasteiger partial charge in [-0.3, -0.25) is 0 Å². The molecule has 1 aromatic carbocycles. The molecule has 1 unspecified atom stereocenters. The zero-order valence-corrected chi connectivity index (χ0v) is 13.0. The number of ether oxygens (including phenoxy) is 1. The van der Waals surface area contributed by atoms with E-state index in [2.05, 4.69) is 51.2 Å². The van der Waals surface area contributed by atoms with Crippen LogP contribution in [0.25, 0.3) is 0 Å². The van der Waals surface area contributed by atoms with Gasteiger partial charge < -0.3 is 10.1 Å². The molecule has 0 radical (unpaired) electrons. The second kappa shape index (κ2) is 9.11. The van der Waals surface area contributed by atoms with Crippen molar-refractivity contribution in [3.63, 3.8) is 0 Å². The Bertz CT molecular complexity index is 342. The lowest BCUT2D eigenvalue weighted by molar-refractivity contribution is 0.124. The second-order valence-electron chi connectivity index (χ2n) is 5.33. The third kappa shape index (κ3) is 6.22. The van der Waals surface area contributed by atoms with Crippen LogP contribution < -0.4 is 5.32 Å². The van der Waals surface area contributed by atoms with Gasteiger partial charge in [-0.15, -0.1) is 0 Å². The standard InChI is InChI=1S/C17H29NO/c1-5-8-18-17(7-10-19-9-6-2)16-12-14(3)11-15(4)13-16/h11-13,17-18H,5-10H2,1-4H3. The molecule has 0 heterocycles. The minimum Gasteiger partial charge on any atom is -0.381 e. The summed E-state index contributed by atoms with van der Waals surface area (Å²) < 4.78 is 5.64. The van der Waals surface area contributed by atoms with E-state index in [4.69, 9.17) is 4.74 Å². The van der Waals surface area contributed by atoms with Gasteiger partial charge in [-0.25, -0.2) is 0 Å². The molecule has 0 saturated heterocycles. The van der Waals surface area contributed by atoms with E-state index in [-0.39, 0.29) is 0 Å². The van der Waals surface area contributed by atoms with Crippen LogP contribution in [0.4, 0.5) is 0 Å². The van der Waals surface area contributed by atoms with Crippen LogP contribution in [0.2, 0.25) is 0 Å². The van der Waals surface area contributed by atoms with Crippen molar-refractivity contribution in [1.82, 2.24) is 5.32 Å². The molecule has 108 valence electrons. The highest BCUT2D eigenvalue weighted by atomic mass is 16.5. The number of nitrogens with one attached hydrogen (secondary N) is 1. The molecule has 0 aliphatic rings. The van der Waals surface area contributed by atoms with Crippen molar-refractivity contribution in [2.75, 3.05) is 19.8 Å². The summed E-state index contributed by atoms with van der Waals surface area (Å²) in [6.45, 7) is 11.5. The summed E-state index contributed by atoms with van der Waals surface area (Å²) in [5, 5.41) is 3.64. The Kier molecular flexibility index (Phi) is 7.76. The molecule has 0 saturated carbocycles. The maximum atomic E-state index is 5.64. The van der Waals surface area contributed by atoms with E-state index in [0.717, 1.165) is 39.0 Å². The van der Waals surface area contributed by atoms with Crippen molar-refractivity contribution in [2.24, 2.45) is 0 Å². The highest BCUT2D eigenvalue weighted by molar-refractivity contribution is 5.30. The minimum atomic E-state index is 0.412. The van der Waals surface area contributed by atoms with Gasteiger partial charge in [0.15, 0.2) is 0 Å². The van der Waals surface area contributed by atoms with E-state index in [0.29, 0.717) is 6.04 Å². The number of hydrogen-bond acceptors (Lipinski definition) is 2. The minimum absolute atomic E-state index is 0.412. The molecule has 0 fully saturated rings. The van der Waals surface area contributed by atoms with Gasteiger partial charge in [0.25, 0.3) is 0 Å². The molecular formula is C17H29NO. The lowest BCUT2D eigenvalue weighted by Crippen LogP contribution is -2.23. The van der Waals surface area contributed by atoms with E-state index in [1.54, 1.807) is 0 Å². The average molecular weight is 263 g/mol. The molecule has 1 atom stereocenters. The Hall–Kier alpha value is -0.860. The third-order valence-corrected chi connectivity index (χ3v) is 3.19. The summed E-state index contributed by atoms with van der Waals surface area (Å²) in [5.74, 6) is 0. The summed E-state index contributed by atoms with van der Waals surface area (Å²) in [6, 6.07) is 7.23. The SMILES string of the molecule is CCCNC(CCOCCC)c1cc(C)cc(C)c1. The molecule has 1 N–H and O–H groups in total. The van der Waals surface area contributed by atoms with Crippen molar-refractivity contribution < 1.29 is 4.74 Å². The molecule has 0 amide bonds. The van der Waals surface area contributed by atoms with Gasteiger partial charge in [0.05, 0.1) is 0 Å². The van der Waals surface area contributed by atoms with Crippen LogP contribution in [0.15, 0.2) is 18.2 Å². The number of hydrogen-bond donors (Lipinski definition) is 1. The molecule has 2 nitrogen and oxygen atoms in total.